The second-order valence-corrected chi connectivity index (χ2v) is 8.31. The lowest BCUT2D eigenvalue weighted by atomic mass is 10.00. The molecular weight excluding hydrogens is 456 g/mol. The van der Waals surface area contributed by atoms with E-state index in [9.17, 15) is 9.59 Å². The van der Waals surface area contributed by atoms with E-state index in [2.05, 4.69) is 0 Å². The fourth-order valence-electron chi connectivity index (χ4n) is 4.06. The zero-order valence-corrected chi connectivity index (χ0v) is 19.4. The monoisotopic (exact) mass is 476 g/mol. The molecule has 0 unspecified atom stereocenters. The van der Waals surface area contributed by atoms with Gasteiger partial charge in [0.25, 0.3) is 0 Å². The summed E-state index contributed by atoms with van der Waals surface area (Å²) in [6, 6.07) is 15.4. The van der Waals surface area contributed by atoms with Crippen molar-refractivity contribution in [3.8, 4) is 28.4 Å². The number of rotatable bonds is 4. The fraction of sp³-hybridized carbons (Fsp3) is 0.185. The molecule has 0 aliphatic carbocycles. The highest BCUT2D eigenvalue weighted by Crippen LogP contribution is 2.36. The molecule has 0 radical (unpaired) electrons. The molecule has 2 heterocycles. The van der Waals surface area contributed by atoms with Crippen LogP contribution < -0.4 is 19.6 Å². The predicted octanol–water partition coefficient (Wildman–Crippen LogP) is 5.97. The maximum Gasteiger partial charge on any atom is 0.345 e. The first-order valence-corrected chi connectivity index (χ1v) is 11.3. The van der Waals surface area contributed by atoms with E-state index in [1.165, 1.54) is 0 Å². The number of aryl methyl sites for hydroxylation is 2. The van der Waals surface area contributed by atoms with Gasteiger partial charge in [0.05, 0.1) is 21.5 Å². The van der Waals surface area contributed by atoms with Gasteiger partial charge < -0.3 is 18.6 Å². The highest BCUT2D eigenvalue weighted by Gasteiger charge is 2.20. The maximum absolute atomic E-state index is 13.5. The van der Waals surface area contributed by atoms with Gasteiger partial charge in [-0.15, -0.1) is 0 Å². The Morgan fingerprint density at radius 2 is 1.79 bits per heavy atom. The first-order chi connectivity index (χ1) is 16.5. The van der Waals surface area contributed by atoms with E-state index in [-0.39, 0.29) is 11.0 Å². The molecule has 0 amide bonds. The van der Waals surface area contributed by atoms with E-state index in [1.807, 2.05) is 13.0 Å². The Morgan fingerprint density at radius 1 is 1.03 bits per heavy atom. The van der Waals surface area contributed by atoms with Crippen LogP contribution in [-0.2, 0) is 6.42 Å². The van der Waals surface area contributed by atoms with Crippen LogP contribution in [0.3, 0.4) is 0 Å². The van der Waals surface area contributed by atoms with E-state index < -0.39 is 5.97 Å². The van der Waals surface area contributed by atoms with Crippen molar-refractivity contribution in [2.45, 2.75) is 20.3 Å². The Labute approximate surface area is 200 Å². The largest absolute Gasteiger partial charge is 0.486 e. The molecule has 1 aromatic heterocycles. The van der Waals surface area contributed by atoms with E-state index in [0.717, 1.165) is 0 Å². The topological polar surface area (TPSA) is 75.0 Å². The maximum atomic E-state index is 13.5. The van der Waals surface area contributed by atoms with Gasteiger partial charge in [-0.05, 0) is 54.8 Å². The molecule has 7 heteroatoms. The van der Waals surface area contributed by atoms with Crippen molar-refractivity contribution >= 4 is 28.5 Å². The lowest BCUT2D eigenvalue weighted by Gasteiger charge is -2.19. The van der Waals surface area contributed by atoms with E-state index in [1.54, 1.807) is 55.5 Å². The van der Waals surface area contributed by atoms with Crippen molar-refractivity contribution in [1.29, 1.82) is 0 Å². The molecule has 0 saturated carbocycles. The highest BCUT2D eigenvalue weighted by molar-refractivity contribution is 6.33. The molecular formula is C27H21ClO6. The van der Waals surface area contributed by atoms with Crippen LogP contribution in [0.2, 0.25) is 5.02 Å². The standard InChI is InChI=1S/C27H21ClO6/c1-3-16-12-19-23(14-22(16)34-27(30)18-6-4-5-7-20(18)28)33-15(2)25(26(19)29)17-8-9-21-24(13-17)32-11-10-31-21/h4-9,12-14H,3,10-11H2,1-2H3. The van der Waals surface area contributed by atoms with Gasteiger partial charge in [-0.3, -0.25) is 4.79 Å². The van der Waals surface area contributed by atoms with E-state index >= 15 is 0 Å². The minimum Gasteiger partial charge on any atom is -0.486 e. The Bertz CT molecular complexity index is 1490. The van der Waals surface area contributed by atoms with Crippen molar-refractivity contribution in [1.82, 2.24) is 0 Å². The molecule has 3 aromatic carbocycles. The molecule has 0 N–H and O–H groups in total. The quantitative estimate of drug-likeness (QED) is 0.266. The molecule has 34 heavy (non-hydrogen) atoms. The summed E-state index contributed by atoms with van der Waals surface area (Å²) in [6.07, 6.45) is 0.549. The summed E-state index contributed by atoms with van der Waals surface area (Å²) in [5.74, 6) is 1.44. The molecule has 0 atom stereocenters. The Morgan fingerprint density at radius 3 is 2.56 bits per heavy atom. The summed E-state index contributed by atoms with van der Waals surface area (Å²) in [7, 11) is 0. The van der Waals surface area contributed by atoms with Gasteiger partial charge in [-0.25, -0.2) is 4.79 Å². The zero-order valence-electron chi connectivity index (χ0n) is 18.6. The summed E-state index contributed by atoms with van der Waals surface area (Å²) in [4.78, 5) is 26.2. The molecule has 1 aliphatic rings. The fourth-order valence-corrected chi connectivity index (χ4v) is 4.28. The van der Waals surface area contributed by atoms with Crippen molar-refractivity contribution in [2.75, 3.05) is 13.2 Å². The SMILES string of the molecule is CCc1cc2c(=O)c(-c3ccc4c(c3)OCCO4)c(C)oc2cc1OC(=O)c1ccccc1Cl. The van der Waals surface area contributed by atoms with Crippen LogP contribution in [0.4, 0.5) is 0 Å². The van der Waals surface area contributed by atoms with Crippen LogP contribution in [0.5, 0.6) is 17.2 Å². The molecule has 0 fully saturated rings. The highest BCUT2D eigenvalue weighted by atomic mass is 35.5. The average molecular weight is 477 g/mol. The van der Waals surface area contributed by atoms with Gasteiger partial charge in [-0.1, -0.05) is 36.7 Å². The number of ether oxygens (including phenoxy) is 3. The molecule has 172 valence electrons. The second kappa shape index (κ2) is 8.88. The third-order valence-electron chi connectivity index (χ3n) is 5.76. The molecule has 4 aromatic rings. The number of fused-ring (bicyclic) bond motifs is 2. The molecule has 1 aliphatic heterocycles. The smallest absolute Gasteiger partial charge is 0.345 e. The Hall–Kier alpha value is -3.77. The van der Waals surface area contributed by atoms with Gasteiger partial charge in [0.15, 0.2) is 11.5 Å². The van der Waals surface area contributed by atoms with Crippen molar-refractivity contribution in [2.24, 2.45) is 0 Å². The first kappa shape index (κ1) is 22.0. The predicted molar refractivity (Wildman–Crippen MR) is 129 cm³/mol. The number of esters is 1. The summed E-state index contributed by atoms with van der Waals surface area (Å²) in [6.45, 7) is 4.60. The zero-order chi connectivity index (χ0) is 23.8. The third kappa shape index (κ3) is 3.90. The van der Waals surface area contributed by atoms with Crippen LogP contribution in [-0.4, -0.2) is 19.2 Å². The average Bonchev–Trinajstić information content (AvgIpc) is 2.84. The molecule has 0 spiro atoms. The third-order valence-corrected chi connectivity index (χ3v) is 6.09. The summed E-state index contributed by atoms with van der Waals surface area (Å²) >= 11 is 6.14. The van der Waals surface area contributed by atoms with Gasteiger partial charge >= 0.3 is 5.97 Å². The Kier molecular flexibility index (Phi) is 5.75. The number of halogens is 1. The summed E-state index contributed by atoms with van der Waals surface area (Å²) in [5, 5.41) is 0.711. The minimum atomic E-state index is -0.577. The molecule has 0 bridgehead atoms. The first-order valence-electron chi connectivity index (χ1n) is 10.9. The van der Waals surface area contributed by atoms with Crippen LogP contribution in [0.15, 0.2) is 63.8 Å². The van der Waals surface area contributed by atoms with Crippen LogP contribution in [0, 0.1) is 6.92 Å². The summed E-state index contributed by atoms with van der Waals surface area (Å²) in [5.41, 5.74) is 2.27. The van der Waals surface area contributed by atoms with E-state index in [0.29, 0.717) is 75.3 Å². The number of benzene rings is 3. The lowest BCUT2D eigenvalue weighted by Crippen LogP contribution is -2.15. The number of hydrogen-bond donors (Lipinski definition) is 0. The molecule has 6 nitrogen and oxygen atoms in total. The van der Waals surface area contributed by atoms with Crippen molar-refractivity contribution in [3.63, 3.8) is 0 Å². The van der Waals surface area contributed by atoms with Crippen molar-refractivity contribution < 1.29 is 23.4 Å². The van der Waals surface area contributed by atoms with Gasteiger partial charge in [0, 0.05) is 6.07 Å². The summed E-state index contributed by atoms with van der Waals surface area (Å²) < 4.78 is 22.9. The van der Waals surface area contributed by atoms with Gasteiger partial charge in [0.2, 0.25) is 5.43 Å². The number of carbonyl (C=O) groups excluding carboxylic acids is 1. The molecule has 0 saturated heterocycles. The second-order valence-electron chi connectivity index (χ2n) is 7.90. The number of carbonyl (C=O) groups is 1. The van der Waals surface area contributed by atoms with E-state index in [4.69, 9.17) is 30.2 Å². The van der Waals surface area contributed by atoms with Crippen LogP contribution in [0.25, 0.3) is 22.1 Å². The van der Waals surface area contributed by atoms with Crippen molar-refractivity contribution in [3.05, 3.63) is 86.7 Å². The lowest BCUT2D eigenvalue weighted by molar-refractivity contribution is 0.0733. The van der Waals surface area contributed by atoms with Crippen LogP contribution in [0.1, 0.15) is 28.6 Å². The minimum absolute atomic E-state index is 0.172. The van der Waals surface area contributed by atoms with Gasteiger partial charge in [-0.2, -0.15) is 0 Å². The normalized spacial score (nSPS) is 12.6. The molecule has 5 rings (SSSR count). The van der Waals surface area contributed by atoms with Gasteiger partial charge in [0.1, 0.15) is 30.3 Å². The Balaban J connectivity index is 1.59. The van der Waals surface area contributed by atoms with Crippen LogP contribution >= 0.6 is 11.6 Å². The number of hydrogen-bond acceptors (Lipinski definition) is 6.